The number of benzene rings is 3. The third-order valence-electron chi connectivity index (χ3n) is 4.50. The van der Waals surface area contributed by atoms with Gasteiger partial charge in [-0.3, -0.25) is 4.79 Å². The first-order chi connectivity index (χ1) is 15.0. The third kappa shape index (κ3) is 6.14. The molecule has 0 heterocycles. The van der Waals surface area contributed by atoms with Gasteiger partial charge in [-0.05, 0) is 60.5 Å². The van der Waals surface area contributed by atoms with Crippen LogP contribution in [0.3, 0.4) is 0 Å². The van der Waals surface area contributed by atoms with Crippen molar-refractivity contribution in [2.75, 3.05) is 5.32 Å². The number of anilines is 1. The van der Waals surface area contributed by atoms with Crippen LogP contribution in [-0.2, 0) is 27.4 Å². The number of rotatable bonds is 7. The molecule has 32 heavy (non-hydrogen) atoms. The highest BCUT2D eigenvalue weighted by atomic mass is 32.2. The van der Waals surface area contributed by atoms with Crippen LogP contribution in [0, 0.1) is 5.82 Å². The Labute approximate surface area is 182 Å². The van der Waals surface area contributed by atoms with Crippen molar-refractivity contribution in [3.63, 3.8) is 0 Å². The van der Waals surface area contributed by atoms with Crippen LogP contribution in [0.4, 0.5) is 23.2 Å². The number of amides is 1. The zero-order chi connectivity index (χ0) is 23.4. The summed E-state index contributed by atoms with van der Waals surface area (Å²) in [5, 5.41) is 2.43. The molecule has 5 nitrogen and oxygen atoms in total. The van der Waals surface area contributed by atoms with Gasteiger partial charge in [-0.25, -0.2) is 12.8 Å². The fourth-order valence-corrected chi connectivity index (χ4v) is 4.07. The molecule has 2 N–H and O–H groups in total. The van der Waals surface area contributed by atoms with E-state index in [1.54, 1.807) is 30.3 Å². The Morgan fingerprint density at radius 1 is 0.875 bits per heavy atom. The normalized spacial score (nSPS) is 12.9. The van der Waals surface area contributed by atoms with Crippen molar-refractivity contribution >= 4 is 21.6 Å². The quantitative estimate of drug-likeness (QED) is 0.508. The summed E-state index contributed by atoms with van der Waals surface area (Å²) < 4.78 is 79.1. The largest absolute Gasteiger partial charge is 0.416 e. The predicted molar refractivity (Wildman–Crippen MR) is 111 cm³/mol. The third-order valence-corrected chi connectivity index (χ3v) is 5.99. The molecule has 0 aliphatic carbocycles. The van der Waals surface area contributed by atoms with Gasteiger partial charge in [-0.15, -0.1) is 0 Å². The molecule has 3 aromatic rings. The van der Waals surface area contributed by atoms with Crippen molar-refractivity contribution in [2.24, 2.45) is 0 Å². The lowest BCUT2D eigenvalue weighted by atomic mass is 10.1. The lowest BCUT2D eigenvalue weighted by molar-refractivity contribution is -0.137. The summed E-state index contributed by atoms with van der Waals surface area (Å²) in [7, 11) is -4.19. The standard InChI is InChI=1S/C22H18F4N2O3S/c23-17-8-12-19(13-9-17)32(30,31)28-20(14-15-4-2-1-3-5-15)21(29)27-18-10-6-16(7-11-18)22(24,25)26/h1-13,20,28H,14H2,(H,27,29). The molecule has 0 bridgehead atoms. The molecule has 3 aromatic carbocycles. The first kappa shape index (κ1) is 23.4. The van der Waals surface area contributed by atoms with Crippen molar-refractivity contribution in [2.45, 2.75) is 23.5 Å². The molecule has 0 aliphatic rings. The lowest BCUT2D eigenvalue weighted by Gasteiger charge is -2.19. The average Bonchev–Trinajstić information content (AvgIpc) is 2.74. The molecule has 1 atom stereocenters. The van der Waals surface area contributed by atoms with Crippen molar-refractivity contribution in [3.05, 3.63) is 95.8 Å². The molecule has 0 aliphatic heterocycles. The number of sulfonamides is 1. The molecular formula is C22H18F4N2O3S. The highest BCUT2D eigenvalue weighted by Gasteiger charge is 2.30. The molecule has 0 spiro atoms. The Balaban J connectivity index is 1.83. The van der Waals surface area contributed by atoms with E-state index < -0.39 is 39.5 Å². The topological polar surface area (TPSA) is 75.3 Å². The van der Waals surface area contributed by atoms with E-state index in [-0.39, 0.29) is 17.0 Å². The first-order valence-corrected chi connectivity index (χ1v) is 10.8. The predicted octanol–water partition coefficient (Wildman–Crippen LogP) is 4.37. The van der Waals surface area contributed by atoms with Gasteiger partial charge >= 0.3 is 6.18 Å². The summed E-state index contributed by atoms with van der Waals surface area (Å²) in [5.41, 5.74) is -0.155. The monoisotopic (exact) mass is 466 g/mol. The van der Waals surface area contributed by atoms with Crippen LogP contribution in [0.1, 0.15) is 11.1 Å². The van der Waals surface area contributed by atoms with Crippen molar-refractivity contribution in [1.29, 1.82) is 0 Å². The van der Waals surface area contributed by atoms with Gasteiger partial charge in [0.05, 0.1) is 10.5 Å². The molecule has 0 aromatic heterocycles. The Bertz CT molecular complexity index is 1160. The minimum absolute atomic E-state index is 0.0201. The minimum atomic E-state index is -4.52. The van der Waals surface area contributed by atoms with Crippen LogP contribution in [0.15, 0.2) is 83.8 Å². The van der Waals surface area contributed by atoms with Gasteiger partial charge < -0.3 is 5.32 Å². The van der Waals surface area contributed by atoms with Gasteiger partial charge in [-0.1, -0.05) is 30.3 Å². The van der Waals surface area contributed by atoms with E-state index in [9.17, 15) is 30.8 Å². The summed E-state index contributed by atoms with van der Waals surface area (Å²) in [6.45, 7) is 0. The van der Waals surface area contributed by atoms with Crippen LogP contribution in [0.25, 0.3) is 0 Å². The highest BCUT2D eigenvalue weighted by molar-refractivity contribution is 7.89. The second-order valence-electron chi connectivity index (χ2n) is 6.88. The van der Waals surface area contributed by atoms with Gasteiger partial charge in [0, 0.05) is 5.69 Å². The van der Waals surface area contributed by atoms with Crippen LogP contribution >= 0.6 is 0 Å². The van der Waals surface area contributed by atoms with Crippen molar-refractivity contribution in [1.82, 2.24) is 4.72 Å². The zero-order valence-corrected chi connectivity index (χ0v) is 17.3. The zero-order valence-electron chi connectivity index (χ0n) is 16.4. The molecule has 168 valence electrons. The highest BCUT2D eigenvalue weighted by Crippen LogP contribution is 2.29. The molecule has 1 unspecified atom stereocenters. The lowest BCUT2D eigenvalue weighted by Crippen LogP contribution is -2.45. The molecule has 0 fully saturated rings. The number of halogens is 4. The number of carbonyl (C=O) groups excluding carboxylic acids is 1. The Kier molecular flexibility index (Phi) is 6.95. The SMILES string of the molecule is O=C(Nc1ccc(C(F)(F)F)cc1)C(Cc1ccccc1)NS(=O)(=O)c1ccc(F)cc1. The molecule has 10 heteroatoms. The van der Waals surface area contributed by atoms with Gasteiger partial charge in [0.15, 0.2) is 0 Å². The summed E-state index contributed by atoms with van der Waals surface area (Å²) >= 11 is 0. The van der Waals surface area contributed by atoms with E-state index >= 15 is 0 Å². The molecule has 0 saturated carbocycles. The second kappa shape index (κ2) is 9.49. The van der Waals surface area contributed by atoms with E-state index in [0.717, 1.165) is 48.5 Å². The fraction of sp³-hybridized carbons (Fsp3) is 0.136. The maximum absolute atomic E-state index is 13.1. The van der Waals surface area contributed by atoms with Crippen LogP contribution in [0.2, 0.25) is 0 Å². The van der Waals surface area contributed by atoms with Gasteiger partial charge in [-0.2, -0.15) is 17.9 Å². The van der Waals surface area contributed by atoms with Gasteiger partial charge in [0.2, 0.25) is 15.9 Å². The summed E-state index contributed by atoms with van der Waals surface area (Å²) in [6, 6.07) is 15.2. The number of nitrogens with one attached hydrogen (secondary N) is 2. The maximum Gasteiger partial charge on any atom is 0.416 e. The number of alkyl halides is 3. The average molecular weight is 466 g/mol. The smallest absolute Gasteiger partial charge is 0.325 e. The molecule has 0 radical (unpaired) electrons. The summed E-state index contributed by atoms with van der Waals surface area (Å²) in [5.74, 6) is -1.39. The maximum atomic E-state index is 13.1. The Morgan fingerprint density at radius 2 is 1.47 bits per heavy atom. The van der Waals surface area contributed by atoms with E-state index in [0.29, 0.717) is 5.56 Å². The van der Waals surface area contributed by atoms with Gasteiger partial charge in [0.1, 0.15) is 11.9 Å². The van der Waals surface area contributed by atoms with Crippen LogP contribution in [0.5, 0.6) is 0 Å². The summed E-state index contributed by atoms with van der Waals surface area (Å²) in [6.07, 6.45) is -4.54. The van der Waals surface area contributed by atoms with E-state index in [1.165, 1.54) is 0 Å². The minimum Gasteiger partial charge on any atom is -0.325 e. The molecule has 3 rings (SSSR count). The number of carbonyl (C=O) groups is 1. The number of hydrogen-bond donors (Lipinski definition) is 2. The molecule has 0 saturated heterocycles. The number of hydrogen-bond acceptors (Lipinski definition) is 3. The molecular weight excluding hydrogens is 448 g/mol. The van der Waals surface area contributed by atoms with Crippen molar-refractivity contribution < 1.29 is 30.8 Å². The van der Waals surface area contributed by atoms with E-state index in [4.69, 9.17) is 0 Å². The van der Waals surface area contributed by atoms with Crippen molar-refractivity contribution in [3.8, 4) is 0 Å². The van der Waals surface area contributed by atoms with Gasteiger partial charge in [0.25, 0.3) is 0 Å². The fourth-order valence-electron chi connectivity index (χ4n) is 2.88. The first-order valence-electron chi connectivity index (χ1n) is 9.34. The second-order valence-corrected chi connectivity index (χ2v) is 8.60. The van der Waals surface area contributed by atoms with Crippen LogP contribution < -0.4 is 10.0 Å². The molecule has 1 amide bonds. The van der Waals surface area contributed by atoms with Crippen LogP contribution in [-0.4, -0.2) is 20.4 Å². The van der Waals surface area contributed by atoms with E-state index in [1.807, 2.05) is 0 Å². The van der Waals surface area contributed by atoms with E-state index in [2.05, 4.69) is 10.0 Å². The summed E-state index contributed by atoms with van der Waals surface area (Å²) in [4.78, 5) is 12.6. The Morgan fingerprint density at radius 3 is 2.03 bits per heavy atom. The Hall–Kier alpha value is -3.24.